The number of halogens is 1. The predicted octanol–water partition coefficient (Wildman–Crippen LogP) is 1.39. The maximum absolute atomic E-state index is 12.4. The number of oxazole rings is 1. The fourth-order valence-electron chi connectivity index (χ4n) is 3.00. The van der Waals surface area contributed by atoms with Gasteiger partial charge in [0.25, 0.3) is 0 Å². The Labute approximate surface area is 142 Å². The summed E-state index contributed by atoms with van der Waals surface area (Å²) >= 11 is 6.10. The second-order valence-corrected chi connectivity index (χ2v) is 6.23. The minimum atomic E-state index is -0.582. The van der Waals surface area contributed by atoms with Gasteiger partial charge in [-0.1, -0.05) is 11.6 Å². The number of benzene rings is 1. The van der Waals surface area contributed by atoms with E-state index in [9.17, 15) is 14.4 Å². The van der Waals surface area contributed by atoms with Crippen LogP contribution in [0, 0.1) is 6.42 Å². The van der Waals surface area contributed by atoms with E-state index >= 15 is 0 Å². The van der Waals surface area contributed by atoms with Crippen LogP contribution in [0.15, 0.2) is 21.3 Å². The number of primary amides is 1. The molecule has 2 aromatic rings. The van der Waals surface area contributed by atoms with Crippen molar-refractivity contribution >= 4 is 34.5 Å². The van der Waals surface area contributed by atoms with E-state index < -0.39 is 17.7 Å². The summed E-state index contributed by atoms with van der Waals surface area (Å²) in [4.78, 5) is 39.1. The van der Waals surface area contributed by atoms with Gasteiger partial charge in [0.1, 0.15) is 11.6 Å². The largest absolute Gasteiger partial charge is 0.417 e. The number of nitrogens with one attached hydrogen (secondary N) is 1. The van der Waals surface area contributed by atoms with E-state index in [0.717, 1.165) is 18.4 Å². The van der Waals surface area contributed by atoms with Gasteiger partial charge in [0.05, 0.1) is 11.4 Å². The van der Waals surface area contributed by atoms with Crippen LogP contribution in [0.3, 0.4) is 0 Å². The first kappa shape index (κ1) is 16.6. The summed E-state index contributed by atoms with van der Waals surface area (Å²) in [7, 11) is 0. The summed E-state index contributed by atoms with van der Waals surface area (Å²) in [6.07, 6.45) is 4.14. The number of hydrogen-bond donors (Lipinski definition) is 2. The lowest BCUT2D eigenvalue weighted by Crippen LogP contribution is -2.50. The molecular formula is C16H17ClN3O4. The van der Waals surface area contributed by atoms with Crippen molar-refractivity contribution < 1.29 is 14.0 Å². The number of aromatic nitrogens is 1. The molecule has 3 N–H and O–H groups in total. The molecule has 0 bridgehead atoms. The summed E-state index contributed by atoms with van der Waals surface area (Å²) in [5.74, 6) is -1.29. The number of fused-ring (bicyclic) bond motifs is 1. The van der Waals surface area contributed by atoms with Crippen molar-refractivity contribution in [3.05, 3.63) is 39.7 Å². The van der Waals surface area contributed by atoms with Gasteiger partial charge >= 0.3 is 5.76 Å². The van der Waals surface area contributed by atoms with Gasteiger partial charge < -0.3 is 15.1 Å². The first-order valence-electron chi connectivity index (χ1n) is 7.70. The SMILES string of the molecule is NC(=O)C1CCCCN1C(=O)[CH]Cc1cc(Cl)c2[nH]c(=O)oc2c1. The molecular weight excluding hydrogens is 334 g/mol. The van der Waals surface area contributed by atoms with E-state index in [-0.39, 0.29) is 5.91 Å². The molecule has 1 aromatic carbocycles. The number of rotatable bonds is 4. The lowest BCUT2D eigenvalue weighted by molar-refractivity contribution is -0.138. The van der Waals surface area contributed by atoms with Crippen LogP contribution in [0.1, 0.15) is 24.8 Å². The van der Waals surface area contributed by atoms with Crippen LogP contribution in [-0.2, 0) is 16.0 Å². The number of amides is 2. The third-order valence-corrected chi connectivity index (χ3v) is 4.47. The quantitative estimate of drug-likeness (QED) is 0.868. The molecule has 2 amide bonds. The number of hydrogen-bond acceptors (Lipinski definition) is 4. The van der Waals surface area contributed by atoms with Crippen LogP contribution in [0.25, 0.3) is 11.1 Å². The lowest BCUT2D eigenvalue weighted by Gasteiger charge is -2.33. The maximum atomic E-state index is 12.4. The van der Waals surface area contributed by atoms with Crippen molar-refractivity contribution in [2.45, 2.75) is 31.7 Å². The van der Waals surface area contributed by atoms with E-state index in [4.69, 9.17) is 21.8 Å². The molecule has 3 rings (SSSR count). The van der Waals surface area contributed by atoms with Gasteiger partial charge in [-0.3, -0.25) is 14.6 Å². The average Bonchev–Trinajstić information content (AvgIpc) is 2.93. The molecule has 0 aliphatic carbocycles. The van der Waals surface area contributed by atoms with Crippen LogP contribution >= 0.6 is 11.6 Å². The number of nitrogens with two attached hydrogens (primary N) is 1. The van der Waals surface area contributed by atoms with Crippen LogP contribution in [0.4, 0.5) is 0 Å². The molecule has 1 saturated heterocycles. The zero-order valence-corrected chi connectivity index (χ0v) is 13.6. The molecule has 8 heteroatoms. The van der Waals surface area contributed by atoms with Gasteiger partial charge in [0.15, 0.2) is 5.58 Å². The molecule has 1 aliphatic heterocycles. The van der Waals surface area contributed by atoms with Crippen LogP contribution in [-0.4, -0.2) is 34.3 Å². The highest BCUT2D eigenvalue weighted by Crippen LogP contribution is 2.24. The van der Waals surface area contributed by atoms with Crippen molar-refractivity contribution in [3.8, 4) is 0 Å². The Kier molecular flexibility index (Phi) is 4.62. The Morgan fingerprint density at radius 2 is 2.21 bits per heavy atom. The molecule has 24 heavy (non-hydrogen) atoms. The molecule has 1 atom stereocenters. The van der Waals surface area contributed by atoms with Crippen LogP contribution in [0.2, 0.25) is 5.02 Å². The summed E-state index contributed by atoms with van der Waals surface area (Å²) in [5, 5.41) is 0.349. The minimum absolute atomic E-state index is 0.231. The zero-order chi connectivity index (χ0) is 17.3. The van der Waals surface area contributed by atoms with Crippen LogP contribution in [0.5, 0.6) is 0 Å². The van der Waals surface area contributed by atoms with E-state index in [1.54, 1.807) is 12.1 Å². The maximum Gasteiger partial charge on any atom is 0.417 e. The molecule has 0 spiro atoms. The summed E-state index contributed by atoms with van der Waals surface area (Å²) in [6.45, 7) is 0.523. The van der Waals surface area contributed by atoms with Crippen molar-refractivity contribution in [2.75, 3.05) is 6.54 Å². The number of piperidine rings is 1. The third kappa shape index (κ3) is 3.31. The first-order valence-corrected chi connectivity index (χ1v) is 8.08. The van der Waals surface area contributed by atoms with Gasteiger partial charge in [0.2, 0.25) is 11.8 Å². The van der Waals surface area contributed by atoms with Gasteiger partial charge in [-0.15, -0.1) is 0 Å². The standard InChI is InChI=1S/C16H17ClN3O4/c17-10-7-9(8-12-14(10)19-16(23)24-12)4-5-13(21)20-6-2-1-3-11(20)15(18)22/h5,7-8,11H,1-4,6H2,(H2,18,22)(H,19,23). The van der Waals surface area contributed by atoms with Gasteiger partial charge in [0, 0.05) is 6.54 Å². The smallest absolute Gasteiger partial charge is 0.408 e. The monoisotopic (exact) mass is 350 g/mol. The molecule has 1 aliphatic rings. The van der Waals surface area contributed by atoms with Gasteiger partial charge in [-0.2, -0.15) is 0 Å². The number of aromatic amines is 1. The Morgan fingerprint density at radius 3 is 2.96 bits per heavy atom. The fourth-order valence-corrected chi connectivity index (χ4v) is 3.28. The predicted molar refractivity (Wildman–Crippen MR) is 88.4 cm³/mol. The Hall–Kier alpha value is -2.28. The second-order valence-electron chi connectivity index (χ2n) is 5.82. The highest BCUT2D eigenvalue weighted by Gasteiger charge is 2.30. The average molecular weight is 351 g/mol. The molecule has 2 heterocycles. The van der Waals surface area contributed by atoms with Gasteiger partial charge in [-0.25, -0.2) is 4.79 Å². The molecule has 1 unspecified atom stereocenters. The van der Waals surface area contributed by atoms with Crippen molar-refractivity contribution in [2.24, 2.45) is 5.73 Å². The van der Waals surface area contributed by atoms with Crippen LogP contribution < -0.4 is 11.5 Å². The van der Waals surface area contributed by atoms with Crippen molar-refractivity contribution in [1.82, 2.24) is 9.88 Å². The second kappa shape index (κ2) is 6.68. The summed E-state index contributed by atoms with van der Waals surface area (Å²) in [5.41, 5.74) is 6.89. The molecule has 1 aromatic heterocycles. The number of carbonyl (C=O) groups is 2. The highest BCUT2D eigenvalue weighted by atomic mass is 35.5. The zero-order valence-electron chi connectivity index (χ0n) is 12.9. The Morgan fingerprint density at radius 1 is 1.42 bits per heavy atom. The third-order valence-electron chi connectivity index (χ3n) is 4.17. The van der Waals surface area contributed by atoms with E-state index in [2.05, 4.69) is 4.98 Å². The lowest BCUT2D eigenvalue weighted by atomic mass is 10.00. The van der Waals surface area contributed by atoms with Crippen molar-refractivity contribution in [3.63, 3.8) is 0 Å². The molecule has 127 valence electrons. The number of nitrogens with zero attached hydrogens (tertiary/aromatic N) is 1. The molecule has 1 radical (unpaired) electrons. The van der Waals surface area contributed by atoms with E-state index in [1.165, 1.54) is 11.3 Å². The highest BCUT2D eigenvalue weighted by molar-refractivity contribution is 6.34. The number of H-pyrrole nitrogens is 1. The Bertz CT molecular complexity index is 841. The van der Waals surface area contributed by atoms with Gasteiger partial charge in [-0.05, 0) is 43.4 Å². The number of carbonyl (C=O) groups excluding carboxylic acids is 2. The van der Waals surface area contributed by atoms with E-state index in [1.807, 2.05) is 0 Å². The first-order chi connectivity index (χ1) is 11.5. The molecule has 0 saturated carbocycles. The minimum Gasteiger partial charge on any atom is -0.408 e. The molecule has 7 nitrogen and oxygen atoms in total. The van der Waals surface area contributed by atoms with E-state index in [0.29, 0.717) is 35.5 Å². The van der Waals surface area contributed by atoms with Crippen molar-refractivity contribution in [1.29, 1.82) is 0 Å². The molecule has 1 fully saturated rings. The normalized spacial score (nSPS) is 18.0. The summed E-state index contributed by atoms with van der Waals surface area (Å²) < 4.78 is 5.00. The summed E-state index contributed by atoms with van der Waals surface area (Å²) in [6, 6.07) is 2.78. The topological polar surface area (TPSA) is 109 Å². The number of likely N-dealkylation sites (tertiary alicyclic amines) is 1. The fraction of sp³-hybridized carbons (Fsp3) is 0.375. The Balaban J connectivity index is 1.71.